The number of nitrogens with two attached hydrogens (primary N) is 1. The first-order valence-electron chi connectivity index (χ1n) is 1.08. The maximum Gasteiger partial charge on any atom is 0.211 e. The molecule has 0 aromatic carbocycles. The van der Waals surface area contributed by atoms with Crippen molar-refractivity contribution >= 4 is 25.1 Å². The number of halogens is 1. The van der Waals surface area contributed by atoms with Crippen molar-refractivity contribution in [3.63, 3.8) is 0 Å². The van der Waals surface area contributed by atoms with E-state index in [-0.39, 0.29) is 18.4 Å². The van der Waals surface area contributed by atoms with E-state index in [0.29, 0.717) is 0 Å². The summed E-state index contributed by atoms with van der Waals surface area (Å²) in [6, 6.07) is 0. The lowest BCUT2D eigenvalue weighted by Crippen LogP contribution is -2.03. The molecular weight excluding hydrogens is 101 g/mol. The Morgan fingerprint density at radius 3 is 2.00 bits per heavy atom. The molecule has 0 unspecified atom stereocenters. The average Bonchev–Trinajstić information content (AvgIpc) is 1.38. The summed E-state index contributed by atoms with van der Waals surface area (Å²) in [6.45, 7) is 2.96. The molecule has 0 aliphatic rings. The zero-order valence-corrected chi connectivity index (χ0v) is 3.96. The molecule has 0 saturated heterocycles. The maximum atomic E-state index is 6.29. The highest BCUT2D eigenvalue weighted by Gasteiger charge is 1.63. The first-order valence-corrected chi connectivity index (χ1v) is 1.08. The predicted octanol–water partition coefficient (Wildman–Crippen LogP) is 0.00227. The number of guanidine groups is 1. The first-order chi connectivity index (χ1) is 2.27. The van der Waals surface area contributed by atoms with Gasteiger partial charge in [-0.15, -0.1) is 12.4 Å². The Balaban J connectivity index is 0. The Hall–Kier alpha value is -0.570. The van der Waals surface area contributed by atoms with E-state index < -0.39 is 0 Å². The Morgan fingerprint density at radius 2 is 2.00 bits per heavy atom. The highest BCUT2D eigenvalue weighted by Crippen LogP contribution is 1.48. The van der Waals surface area contributed by atoms with E-state index in [1.165, 1.54) is 0 Å². The van der Waals surface area contributed by atoms with Gasteiger partial charge in [0.05, 0.1) is 0 Å². The molecule has 0 heterocycles. The summed E-state index contributed by atoms with van der Waals surface area (Å²) in [5, 5.41) is 6.29. The number of nitrogens with one attached hydrogen (secondary N) is 1. The number of hydrogen-bond acceptors (Lipinski definition) is 1. The minimum atomic E-state index is -0.231. The Labute approximate surface area is 42.2 Å². The molecule has 0 saturated carbocycles. The zero-order chi connectivity index (χ0) is 4.28. The molecule has 0 radical (unpaired) electrons. The van der Waals surface area contributed by atoms with Gasteiger partial charge in [-0.3, -0.25) is 5.41 Å². The lowest BCUT2D eigenvalue weighted by atomic mass is 11.1. The van der Waals surface area contributed by atoms with E-state index in [2.05, 4.69) is 17.4 Å². The van der Waals surface area contributed by atoms with Gasteiger partial charge in [0.2, 0.25) is 5.96 Å². The molecule has 0 aliphatic heterocycles. The predicted molar refractivity (Wildman–Crippen MR) is 28.7 cm³/mol. The van der Waals surface area contributed by atoms with Crippen molar-refractivity contribution in [1.29, 1.82) is 5.41 Å². The summed E-state index contributed by atoms with van der Waals surface area (Å²) < 4.78 is 0. The van der Waals surface area contributed by atoms with Gasteiger partial charge in [0, 0.05) is 0 Å². The van der Waals surface area contributed by atoms with E-state index in [9.17, 15) is 0 Å². The highest BCUT2D eigenvalue weighted by molar-refractivity contribution is 5.85. The summed E-state index contributed by atoms with van der Waals surface area (Å²) in [6.07, 6.45) is 0. The van der Waals surface area contributed by atoms with Crippen molar-refractivity contribution in [2.75, 3.05) is 0 Å². The van der Waals surface area contributed by atoms with E-state index in [1.54, 1.807) is 0 Å². The molecule has 0 spiro atoms. The van der Waals surface area contributed by atoms with Crippen molar-refractivity contribution in [2.24, 2.45) is 10.7 Å². The lowest BCUT2D eigenvalue weighted by Gasteiger charge is -1.71. The number of hydrogen-bond donors (Lipinski definition) is 2. The smallest absolute Gasteiger partial charge is 0.211 e. The van der Waals surface area contributed by atoms with Gasteiger partial charge in [0.25, 0.3) is 0 Å². The zero-order valence-electron chi connectivity index (χ0n) is 3.14. The molecule has 0 bridgehead atoms. The number of rotatable bonds is 0. The largest absolute Gasteiger partial charge is 0.368 e. The second-order valence-electron chi connectivity index (χ2n) is 0.543. The minimum Gasteiger partial charge on any atom is -0.368 e. The van der Waals surface area contributed by atoms with Crippen LogP contribution in [0.25, 0.3) is 0 Å². The summed E-state index contributed by atoms with van der Waals surface area (Å²) in [7, 11) is 0. The van der Waals surface area contributed by atoms with Crippen LogP contribution in [0.1, 0.15) is 0 Å². The van der Waals surface area contributed by atoms with E-state index in [4.69, 9.17) is 5.41 Å². The monoisotopic (exact) mass is 107 g/mol. The van der Waals surface area contributed by atoms with Crippen LogP contribution < -0.4 is 5.73 Å². The van der Waals surface area contributed by atoms with Crippen LogP contribution in [0.2, 0.25) is 0 Å². The van der Waals surface area contributed by atoms with E-state index in [1.807, 2.05) is 0 Å². The molecule has 0 atom stereocenters. The molecule has 3 nitrogen and oxygen atoms in total. The van der Waals surface area contributed by atoms with Crippen LogP contribution in [0.4, 0.5) is 0 Å². The van der Waals surface area contributed by atoms with Gasteiger partial charge in [-0.2, -0.15) is 0 Å². The minimum absolute atomic E-state index is 0. The Kier molecular flexibility index (Phi) is 6.69. The van der Waals surface area contributed by atoms with Crippen molar-refractivity contribution in [3.8, 4) is 0 Å². The topological polar surface area (TPSA) is 62.2 Å². The van der Waals surface area contributed by atoms with Gasteiger partial charge in [-0.05, 0) is 6.72 Å². The number of aliphatic imine (C=N–C) groups is 1. The van der Waals surface area contributed by atoms with Gasteiger partial charge < -0.3 is 5.73 Å². The molecule has 6 heavy (non-hydrogen) atoms. The van der Waals surface area contributed by atoms with Crippen LogP contribution in [-0.2, 0) is 0 Å². The summed E-state index contributed by atoms with van der Waals surface area (Å²) >= 11 is 0. The van der Waals surface area contributed by atoms with Crippen LogP contribution in [0.15, 0.2) is 4.99 Å². The molecule has 0 aliphatic carbocycles. The Bertz CT molecular complexity index is 59.8. The molecule has 0 fully saturated rings. The molecule has 0 aromatic rings. The molecule has 0 rings (SSSR count). The van der Waals surface area contributed by atoms with Crippen LogP contribution >= 0.6 is 12.4 Å². The highest BCUT2D eigenvalue weighted by atomic mass is 35.5. The van der Waals surface area contributed by atoms with Gasteiger partial charge in [-0.1, -0.05) is 0 Å². The van der Waals surface area contributed by atoms with Gasteiger partial charge in [0.15, 0.2) is 0 Å². The quantitative estimate of drug-likeness (QED) is 0.332. The van der Waals surface area contributed by atoms with Gasteiger partial charge >= 0.3 is 0 Å². The average molecular weight is 108 g/mol. The lowest BCUT2D eigenvalue weighted by molar-refractivity contribution is 1.39. The normalized spacial score (nSPS) is 5.33. The van der Waals surface area contributed by atoms with Gasteiger partial charge in [-0.25, -0.2) is 4.99 Å². The SMILES string of the molecule is C=NC(=N)N.Cl. The third-order valence-corrected chi connectivity index (χ3v) is 0.170. The van der Waals surface area contributed by atoms with Gasteiger partial charge in [0.1, 0.15) is 0 Å². The molecule has 0 amide bonds. The van der Waals surface area contributed by atoms with Crippen molar-refractivity contribution in [2.45, 2.75) is 0 Å². The van der Waals surface area contributed by atoms with Crippen LogP contribution in [0, 0.1) is 5.41 Å². The number of nitrogens with zero attached hydrogens (tertiary/aromatic N) is 1. The van der Waals surface area contributed by atoms with Crippen molar-refractivity contribution in [3.05, 3.63) is 0 Å². The first kappa shape index (κ1) is 9.06. The molecular formula is C2H6ClN3. The van der Waals surface area contributed by atoms with Crippen LogP contribution in [0.3, 0.4) is 0 Å². The summed E-state index contributed by atoms with van der Waals surface area (Å²) in [5.74, 6) is -0.231. The molecule has 0 aromatic heterocycles. The second-order valence-corrected chi connectivity index (χ2v) is 0.543. The third kappa shape index (κ3) is 9.90. The van der Waals surface area contributed by atoms with E-state index in [0.717, 1.165) is 0 Å². The fourth-order valence-corrected chi connectivity index (χ4v) is 0. The van der Waals surface area contributed by atoms with Crippen LogP contribution in [0.5, 0.6) is 0 Å². The fourth-order valence-electron chi connectivity index (χ4n) is 0. The Morgan fingerprint density at radius 1 is 1.83 bits per heavy atom. The fraction of sp³-hybridized carbons (Fsp3) is 0. The molecule has 3 N–H and O–H groups in total. The third-order valence-electron chi connectivity index (χ3n) is 0.170. The maximum absolute atomic E-state index is 6.29. The van der Waals surface area contributed by atoms with Crippen molar-refractivity contribution in [1.82, 2.24) is 0 Å². The second kappa shape index (κ2) is 4.43. The summed E-state index contributed by atoms with van der Waals surface area (Å²) in [5.41, 5.74) is 4.65. The summed E-state index contributed by atoms with van der Waals surface area (Å²) in [4.78, 5) is 3.00. The van der Waals surface area contributed by atoms with Crippen molar-refractivity contribution < 1.29 is 0 Å². The van der Waals surface area contributed by atoms with Crippen LogP contribution in [-0.4, -0.2) is 12.7 Å². The molecule has 4 heteroatoms. The van der Waals surface area contributed by atoms with E-state index >= 15 is 0 Å². The standard InChI is InChI=1S/C2H5N3.ClH/c1-5-2(3)4;/h1H2,(H3,3,4);1H. The molecule has 36 valence electrons.